The summed E-state index contributed by atoms with van der Waals surface area (Å²) in [5.74, 6) is 0.818. The Labute approximate surface area is 196 Å². The highest BCUT2D eigenvalue weighted by Gasteiger charge is 2.27. The zero-order valence-corrected chi connectivity index (χ0v) is 20.9. The van der Waals surface area contributed by atoms with Gasteiger partial charge in [-0.1, -0.05) is 36.7 Å². The second-order valence-corrected chi connectivity index (χ2v) is 9.39. The molecular formula is C19H32ClIN4O3S. The van der Waals surface area contributed by atoms with Crippen LogP contribution in [0.5, 0.6) is 0 Å². The summed E-state index contributed by atoms with van der Waals surface area (Å²) in [7, 11) is -3.14. The van der Waals surface area contributed by atoms with Gasteiger partial charge in [0.2, 0.25) is 10.0 Å². The SMILES string of the molecule is CCCS(=O)(=O)N1CCC(NC(=NCC(O)c2ccccc2Cl)NCC)CC1.I. The maximum absolute atomic E-state index is 12.2. The van der Waals surface area contributed by atoms with Crippen molar-refractivity contribution in [2.75, 3.05) is 31.9 Å². The smallest absolute Gasteiger partial charge is 0.214 e. The predicted octanol–water partition coefficient (Wildman–Crippen LogP) is 2.75. The van der Waals surface area contributed by atoms with E-state index in [9.17, 15) is 13.5 Å². The molecule has 1 heterocycles. The Balaban J connectivity index is 0.00000420. The fraction of sp³-hybridized carbons (Fsp3) is 0.632. The van der Waals surface area contributed by atoms with Crippen molar-refractivity contribution in [3.05, 3.63) is 34.9 Å². The molecule has 2 rings (SSSR count). The molecule has 0 saturated carbocycles. The van der Waals surface area contributed by atoms with E-state index in [1.807, 2.05) is 26.0 Å². The lowest BCUT2D eigenvalue weighted by Crippen LogP contribution is -2.50. The van der Waals surface area contributed by atoms with Crippen molar-refractivity contribution in [2.45, 2.75) is 45.3 Å². The molecule has 0 aliphatic carbocycles. The minimum atomic E-state index is -3.14. The molecule has 1 saturated heterocycles. The van der Waals surface area contributed by atoms with Crippen LogP contribution < -0.4 is 10.6 Å². The summed E-state index contributed by atoms with van der Waals surface area (Å²) >= 11 is 6.13. The minimum absolute atomic E-state index is 0. The van der Waals surface area contributed by atoms with E-state index in [1.54, 1.807) is 16.4 Å². The first kappa shape index (κ1) is 26.4. The number of nitrogens with zero attached hydrogens (tertiary/aromatic N) is 2. The average molecular weight is 559 g/mol. The van der Waals surface area contributed by atoms with E-state index in [2.05, 4.69) is 15.6 Å². The molecule has 166 valence electrons. The van der Waals surface area contributed by atoms with Gasteiger partial charge in [-0.3, -0.25) is 4.99 Å². The van der Waals surface area contributed by atoms with Gasteiger partial charge in [-0.2, -0.15) is 0 Å². The molecule has 0 spiro atoms. The third-order valence-corrected chi connectivity index (χ3v) is 7.10. The zero-order valence-electron chi connectivity index (χ0n) is 17.0. The first-order valence-corrected chi connectivity index (χ1v) is 11.8. The van der Waals surface area contributed by atoms with Crippen molar-refractivity contribution in [3.63, 3.8) is 0 Å². The summed E-state index contributed by atoms with van der Waals surface area (Å²) in [6.07, 6.45) is 1.29. The highest BCUT2D eigenvalue weighted by Crippen LogP contribution is 2.22. The number of rotatable bonds is 8. The number of nitrogens with one attached hydrogen (secondary N) is 2. The fourth-order valence-corrected chi connectivity index (χ4v) is 5.00. The number of hydrogen-bond acceptors (Lipinski definition) is 4. The van der Waals surface area contributed by atoms with Gasteiger partial charge < -0.3 is 15.7 Å². The van der Waals surface area contributed by atoms with Gasteiger partial charge in [0.15, 0.2) is 5.96 Å². The maximum atomic E-state index is 12.2. The van der Waals surface area contributed by atoms with Crippen molar-refractivity contribution < 1.29 is 13.5 Å². The van der Waals surface area contributed by atoms with Gasteiger partial charge in [0, 0.05) is 36.3 Å². The molecule has 0 radical (unpaired) electrons. The Morgan fingerprint density at radius 3 is 2.55 bits per heavy atom. The van der Waals surface area contributed by atoms with Crippen LogP contribution in [0.4, 0.5) is 0 Å². The van der Waals surface area contributed by atoms with E-state index < -0.39 is 16.1 Å². The Morgan fingerprint density at radius 2 is 1.97 bits per heavy atom. The zero-order chi connectivity index (χ0) is 20.6. The molecule has 0 bridgehead atoms. The van der Waals surface area contributed by atoms with Crippen molar-refractivity contribution in [1.82, 2.24) is 14.9 Å². The number of piperidine rings is 1. The van der Waals surface area contributed by atoms with E-state index in [1.165, 1.54) is 0 Å². The Kier molecular flexibility index (Phi) is 11.8. The van der Waals surface area contributed by atoms with Crippen LogP contribution in [0.15, 0.2) is 29.3 Å². The number of guanidine groups is 1. The number of benzene rings is 1. The van der Waals surface area contributed by atoms with Crippen LogP contribution >= 0.6 is 35.6 Å². The second kappa shape index (κ2) is 12.9. The number of halogens is 2. The molecule has 29 heavy (non-hydrogen) atoms. The summed E-state index contributed by atoms with van der Waals surface area (Å²) in [4.78, 5) is 4.48. The molecule has 1 atom stereocenters. The fourth-order valence-electron chi connectivity index (χ4n) is 3.20. The van der Waals surface area contributed by atoms with Crippen LogP contribution in [0.25, 0.3) is 0 Å². The standard InChI is InChI=1S/C19H31ClN4O3S.HI/c1-3-13-28(26,27)24-11-9-15(10-12-24)23-19(21-4-2)22-14-18(25)16-7-5-6-8-17(16)20;/h5-8,15,18,25H,3-4,9-14H2,1-2H3,(H2,21,22,23);1H. The second-order valence-electron chi connectivity index (χ2n) is 6.89. The molecule has 0 aromatic heterocycles. The monoisotopic (exact) mass is 558 g/mol. The predicted molar refractivity (Wildman–Crippen MR) is 130 cm³/mol. The number of sulfonamides is 1. The maximum Gasteiger partial charge on any atom is 0.214 e. The lowest BCUT2D eigenvalue weighted by Gasteiger charge is -2.32. The molecule has 10 heteroatoms. The first-order valence-electron chi connectivity index (χ1n) is 9.82. The van der Waals surface area contributed by atoms with Gasteiger partial charge in [0.1, 0.15) is 6.10 Å². The van der Waals surface area contributed by atoms with Crippen LogP contribution in [0.3, 0.4) is 0 Å². The van der Waals surface area contributed by atoms with Crippen molar-refractivity contribution in [2.24, 2.45) is 4.99 Å². The van der Waals surface area contributed by atoms with E-state index >= 15 is 0 Å². The Hall–Kier alpha value is -0.620. The summed E-state index contributed by atoms with van der Waals surface area (Å²) < 4.78 is 26.0. The number of aliphatic hydroxyl groups excluding tert-OH is 1. The lowest BCUT2D eigenvalue weighted by atomic mass is 10.1. The molecule has 1 unspecified atom stereocenters. The molecule has 1 aliphatic rings. The minimum Gasteiger partial charge on any atom is -0.386 e. The molecule has 1 aromatic carbocycles. The number of aliphatic hydroxyl groups is 1. The highest BCUT2D eigenvalue weighted by atomic mass is 127. The van der Waals surface area contributed by atoms with E-state index in [0.717, 1.165) is 12.8 Å². The van der Waals surface area contributed by atoms with Crippen LogP contribution in [0.2, 0.25) is 5.02 Å². The van der Waals surface area contributed by atoms with Crippen LogP contribution in [0.1, 0.15) is 44.8 Å². The Bertz CT molecular complexity index is 756. The molecule has 7 nitrogen and oxygen atoms in total. The summed E-state index contributed by atoms with van der Waals surface area (Å²) in [6, 6.07) is 7.32. The van der Waals surface area contributed by atoms with Crippen LogP contribution in [-0.2, 0) is 10.0 Å². The molecule has 3 N–H and O–H groups in total. The van der Waals surface area contributed by atoms with Crippen LogP contribution in [0, 0.1) is 0 Å². The van der Waals surface area contributed by atoms with Gasteiger partial charge >= 0.3 is 0 Å². The average Bonchev–Trinajstić information content (AvgIpc) is 2.67. The topological polar surface area (TPSA) is 94.0 Å². The van der Waals surface area contributed by atoms with Crippen LogP contribution in [-0.4, -0.2) is 61.8 Å². The van der Waals surface area contributed by atoms with Gasteiger partial charge in [0.25, 0.3) is 0 Å². The van der Waals surface area contributed by atoms with E-state index in [-0.39, 0.29) is 42.3 Å². The van der Waals surface area contributed by atoms with Gasteiger partial charge in [-0.05, 0) is 32.3 Å². The summed E-state index contributed by atoms with van der Waals surface area (Å²) in [5.41, 5.74) is 0.651. The van der Waals surface area contributed by atoms with Gasteiger partial charge in [0.05, 0.1) is 12.3 Å². The quantitative estimate of drug-likeness (QED) is 0.259. The molecule has 0 amide bonds. The third-order valence-electron chi connectivity index (χ3n) is 4.68. The van der Waals surface area contributed by atoms with Crippen molar-refractivity contribution >= 4 is 51.6 Å². The van der Waals surface area contributed by atoms with E-state index in [4.69, 9.17) is 11.6 Å². The summed E-state index contributed by atoms with van der Waals surface area (Å²) in [5, 5.41) is 17.4. The molecular weight excluding hydrogens is 527 g/mol. The largest absolute Gasteiger partial charge is 0.386 e. The number of aliphatic imine (C=N–C) groups is 1. The van der Waals surface area contributed by atoms with Crippen molar-refractivity contribution in [3.8, 4) is 0 Å². The molecule has 1 aliphatic heterocycles. The summed E-state index contributed by atoms with van der Waals surface area (Å²) in [6.45, 7) is 5.76. The first-order chi connectivity index (χ1) is 13.4. The van der Waals surface area contributed by atoms with Crippen molar-refractivity contribution in [1.29, 1.82) is 0 Å². The normalized spacial score (nSPS) is 17.4. The van der Waals surface area contributed by atoms with Gasteiger partial charge in [-0.25, -0.2) is 12.7 Å². The van der Waals surface area contributed by atoms with Gasteiger partial charge in [-0.15, -0.1) is 24.0 Å². The highest BCUT2D eigenvalue weighted by molar-refractivity contribution is 14.0. The molecule has 1 aromatic rings. The van der Waals surface area contributed by atoms with E-state index in [0.29, 0.717) is 42.6 Å². The lowest BCUT2D eigenvalue weighted by molar-refractivity contribution is 0.187. The Morgan fingerprint density at radius 1 is 1.31 bits per heavy atom. The third kappa shape index (κ3) is 8.20. The number of hydrogen-bond donors (Lipinski definition) is 3. The molecule has 1 fully saturated rings.